The molecule has 2 aromatic rings. The lowest BCUT2D eigenvalue weighted by molar-refractivity contribution is -0.160. The Bertz CT molecular complexity index is 1030. The van der Waals surface area contributed by atoms with Gasteiger partial charge in [0.25, 0.3) is 5.91 Å². The third-order valence-corrected chi connectivity index (χ3v) is 6.41. The highest BCUT2D eigenvalue weighted by Crippen LogP contribution is 2.25. The lowest BCUT2D eigenvalue weighted by Gasteiger charge is -2.41. The first-order chi connectivity index (χ1) is 16.6. The molecule has 10 nitrogen and oxygen atoms in total. The van der Waals surface area contributed by atoms with E-state index in [-0.39, 0.29) is 18.4 Å². The molecule has 2 aliphatic heterocycles. The van der Waals surface area contributed by atoms with Crippen molar-refractivity contribution in [3.8, 4) is 5.75 Å². The minimum Gasteiger partial charge on any atom is -0.491 e. The SMILES string of the molecule is COCc1nnc(NC(=O)CN2CCOC3(CC=CCc4ccccc4OCCNC3=O)C2)s1. The quantitative estimate of drug-likeness (QED) is 0.608. The van der Waals surface area contributed by atoms with Crippen LogP contribution in [0.25, 0.3) is 0 Å². The van der Waals surface area contributed by atoms with E-state index in [1.165, 1.54) is 11.3 Å². The minimum atomic E-state index is -1.07. The number of amides is 2. The number of carbonyl (C=O) groups is 2. The van der Waals surface area contributed by atoms with Gasteiger partial charge in [0.15, 0.2) is 5.60 Å². The maximum atomic E-state index is 13.2. The molecule has 2 aliphatic rings. The molecule has 1 atom stereocenters. The predicted molar refractivity (Wildman–Crippen MR) is 127 cm³/mol. The van der Waals surface area contributed by atoms with Crippen LogP contribution >= 0.6 is 11.3 Å². The number of hydrogen-bond acceptors (Lipinski definition) is 9. The van der Waals surface area contributed by atoms with Gasteiger partial charge in [-0.05, 0) is 18.1 Å². The molecule has 11 heteroatoms. The summed E-state index contributed by atoms with van der Waals surface area (Å²) in [6, 6.07) is 7.89. The molecular weight excluding hydrogens is 458 g/mol. The number of nitrogens with zero attached hydrogens (tertiary/aromatic N) is 3. The van der Waals surface area contributed by atoms with Gasteiger partial charge in [0.05, 0.1) is 19.7 Å². The number of rotatable bonds is 5. The van der Waals surface area contributed by atoms with E-state index in [0.29, 0.717) is 62.4 Å². The molecule has 4 rings (SSSR count). The number of nitrogens with one attached hydrogen (secondary N) is 2. The zero-order chi connectivity index (χ0) is 23.8. The van der Waals surface area contributed by atoms with Gasteiger partial charge < -0.3 is 19.5 Å². The van der Waals surface area contributed by atoms with Gasteiger partial charge in [0, 0.05) is 26.6 Å². The molecule has 0 saturated carbocycles. The van der Waals surface area contributed by atoms with E-state index < -0.39 is 5.60 Å². The maximum absolute atomic E-state index is 13.2. The molecule has 3 heterocycles. The fourth-order valence-electron chi connectivity index (χ4n) is 3.98. The van der Waals surface area contributed by atoms with Crippen molar-refractivity contribution in [3.05, 3.63) is 47.0 Å². The second-order valence-electron chi connectivity index (χ2n) is 8.13. The first-order valence-corrected chi connectivity index (χ1v) is 12.0. The van der Waals surface area contributed by atoms with Crippen molar-refractivity contribution in [1.82, 2.24) is 20.4 Å². The molecule has 1 aromatic heterocycles. The van der Waals surface area contributed by atoms with Crippen molar-refractivity contribution in [2.24, 2.45) is 0 Å². The summed E-state index contributed by atoms with van der Waals surface area (Å²) >= 11 is 1.27. The van der Waals surface area contributed by atoms with Crippen molar-refractivity contribution in [3.63, 3.8) is 0 Å². The summed E-state index contributed by atoms with van der Waals surface area (Å²) in [6.45, 7) is 2.40. The monoisotopic (exact) mass is 487 g/mol. The standard InChI is InChI=1S/C23H29N5O5S/c1-31-15-20-26-27-22(34-20)25-19(29)14-28-11-13-33-23(16-28)9-5-4-7-17-6-2-3-8-18(17)32-12-10-24-21(23)30/h2-6,8H,7,9-16H2,1H3,(H,24,30)(H,25,27,29). The van der Waals surface area contributed by atoms with Crippen LogP contribution in [0.3, 0.4) is 0 Å². The van der Waals surface area contributed by atoms with Gasteiger partial charge in [-0.15, -0.1) is 10.2 Å². The van der Waals surface area contributed by atoms with E-state index in [2.05, 4.69) is 20.8 Å². The summed E-state index contributed by atoms with van der Waals surface area (Å²) < 4.78 is 16.9. The number of allylic oxidation sites excluding steroid dienone is 1. The highest BCUT2D eigenvalue weighted by atomic mass is 32.1. The fourth-order valence-corrected chi connectivity index (χ4v) is 4.70. The number of anilines is 1. The van der Waals surface area contributed by atoms with Gasteiger partial charge in [-0.25, -0.2) is 0 Å². The van der Waals surface area contributed by atoms with E-state index in [1.54, 1.807) is 7.11 Å². The van der Waals surface area contributed by atoms with Crippen molar-refractivity contribution in [1.29, 1.82) is 0 Å². The van der Waals surface area contributed by atoms with E-state index in [0.717, 1.165) is 11.3 Å². The Balaban J connectivity index is 1.40. The molecule has 2 amide bonds. The number of carbonyl (C=O) groups excluding carboxylic acids is 2. The number of morpholine rings is 1. The van der Waals surface area contributed by atoms with Crippen LogP contribution in [-0.4, -0.2) is 79.0 Å². The number of benzene rings is 1. The number of para-hydroxylation sites is 1. The highest BCUT2D eigenvalue weighted by molar-refractivity contribution is 7.15. The molecular formula is C23H29N5O5S. The molecule has 1 saturated heterocycles. The minimum absolute atomic E-state index is 0.123. The summed E-state index contributed by atoms with van der Waals surface area (Å²) in [5, 5.41) is 14.8. The Morgan fingerprint density at radius 1 is 1.29 bits per heavy atom. The van der Waals surface area contributed by atoms with Gasteiger partial charge in [-0.3, -0.25) is 19.8 Å². The maximum Gasteiger partial charge on any atom is 0.254 e. The summed E-state index contributed by atoms with van der Waals surface area (Å²) in [7, 11) is 1.58. The Morgan fingerprint density at radius 3 is 3.06 bits per heavy atom. The summed E-state index contributed by atoms with van der Waals surface area (Å²) in [5.41, 5.74) is 0.0233. The van der Waals surface area contributed by atoms with Crippen LogP contribution in [-0.2, 0) is 32.1 Å². The third-order valence-electron chi connectivity index (χ3n) is 5.60. The second-order valence-corrected chi connectivity index (χ2v) is 9.19. The van der Waals surface area contributed by atoms with Crippen molar-refractivity contribution in [2.45, 2.75) is 25.0 Å². The predicted octanol–water partition coefficient (Wildman–Crippen LogP) is 1.39. The zero-order valence-corrected chi connectivity index (χ0v) is 19.9. The van der Waals surface area contributed by atoms with Crippen LogP contribution in [0.15, 0.2) is 36.4 Å². The first kappa shape index (κ1) is 24.3. The highest BCUT2D eigenvalue weighted by Gasteiger charge is 2.43. The Labute approximate surface area is 202 Å². The van der Waals surface area contributed by atoms with E-state index in [9.17, 15) is 9.59 Å². The average molecular weight is 488 g/mol. The summed E-state index contributed by atoms with van der Waals surface area (Å²) in [4.78, 5) is 27.7. The lowest BCUT2D eigenvalue weighted by Crippen LogP contribution is -2.60. The van der Waals surface area contributed by atoms with E-state index >= 15 is 0 Å². The van der Waals surface area contributed by atoms with Crippen LogP contribution in [0, 0.1) is 0 Å². The molecule has 0 bridgehead atoms. The summed E-state index contributed by atoms with van der Waals surface area (Å²) in [5.74, 6) is 0.409. The molecule has 182 valence electrons. The molecule has 1 unspecified atom stereocenters. The second kappa shape index (κ2) is 11.5. The molecule has 34 heavy (non-hydrogen) atoms. The topological polar surface area (TPSA) is 115 Å². The van der Waals surface area contributed by atoms with Crippen molar-refractivity contribution >= 4 is 28.3 Å². The molecule has 1 fully saturated rings. The molecule has 0 aliphatic carbocycles. The van der Waals surface area contributed by atoms with Crippen LogP contribution in [0.1, 0.15) is 17.0 Å². The zero-order valence-electron chi connectivity index (χ0n) is 19.1. The lowest BCUT2D eigenvalue weighted by atomic mass is 9.94. The van der Waals surface area contributed by atoms with Gasteiger partial charge in [-0.2, -0.15) is 0 Å². The van der Waals surface area contributed by atoms with E-state index in [1.807, 2.05) is 41.3 Å². The van der Waals surface area contributed by atoms with Crippen molar-refractivity contribution < 1.29 is 23.8 Å². The molecule has 0 radical (unpaired) electrons. The van der Waals surface area contributed by atoms with Crippen LogP contribution in [0.4, 0.5) is 5.13 Å². The molecule has 2 N–H and O–H groups in total. The van der Waals surface area contributed by atoms with Crippen LogP contribution in [0.2, 0.25) is 0 Å². The van der Waals surface area contributed by atoms with Crippen LogP contribution in [0.5, 0.6) is 5.75 Å². The number of fused-ring (bicyclic) bond motifs is 1. The number of methoxy groups -OCH3 is 1. The summed E-state index contributed by atoms with van der Waals surface area (Å²) in [6.07, 6.45) is 5.12. The van der Waals surface area contributed by atoms with Gasteiger partial charge in [-0.1, -0.05) is 41.7 Å². The third kappa shape index (κ3) is 6.17. The average Bonchev–Trinajstić information content (AvgIpc) is 3.26. The van der Waals surface area contributed by atoms with Crippen LogP contribution < -0.4 is 15.4 Å². The molecule has 1 spiro atoms. The van der Waals surface area contributed by atoms with Gasteiger partial charge in [0.1, 0.15) is 24.0 Å². The smallest absolute Gasteiger partial charge is 0.254 e. The van der Waals surface area contributed by atoms with Gasteiger partial charge in [0.2, 0.25) is 11.0 Å². The Hall–Kier alpha value is -2.86. The van der Waals surface area contributed by atoms with Gasteiger partial charge >= 0.3 is 0 Å². The normalized spacial score (nSPS) is 21.6. The van der Waals surface area contributed by atoms with E-state index in [4.69, 9.17) is 14.2 Å². The number of hydrogen-bond donors (Lipinski definition) is 2. The Kier molecular flexibility index (Phi) is 8.22. The first-order valence-electron chi connectivity index (χ1n) is 11.2. The largest absolute Gasteiger partial charge is 0.491 e. The molecule has 1 aromatic carbocycles. The fraction of sp³-hybridized carbons (Fsp3) is 0.478. The Morgan fingerprint density at radius 2 is 2.18 bits per heavy atom. The van der Waals surface area contributed by atoms with Crippen molar-refractivity contribution in [2.75, 3.05) is 51.8 Å². The number of aromatic nitrogens is 2. The number of ether oxygens (including phenoxy) is 3.